The Morgan fingerprint density at radius 3 is 1.42 bits per heavy atom. The van der Waals surface area contributed by atoms with E-state index in [0.717, 1.165) is 19.0 Å². The van der Waals surface area contributed by atoms with E-state index < -0.39 is 0 Å². The second-order valence-electron chi connectivity index (χ2n) is 8.91. The Hall–Kier alpha value is -0.160. The van der Waals surface area contributed by atoms with Crippen LogP contribution in [0.2, 0.25) is 0 Å². The molecule has 0 aliphatic heterocycles. The van der Waals surface area contributed by atoms with Gasteiger partial charge in [-0.1, -0.05) is 59.3 Å². The summed E-state index contributed by atoms with van der Waals surface area (Å²) in [6, 6.07) is 0. The first kappa shape index (κ1) is 26.1. The van der Waals surface area contributed by atoms with Gasteiger partial charge in [-0.15, -0.1) is 0 Å². The molecule has 2 unspecified atom stereocenters. The molecule has 4 nitrogen and oxygen atoms in total. The monoisotopic (exact) mass is 344 g/mol. The van der Waals surface area contributed by atoms with Crippen LogP contribution in [0.4, 0.5) is 0 Å². The number of rotatable bonds is 9. The fourth-order valence-corrected chi connectivity index (χ4v) is 4.40. The van der Waals surface area contributed by atoms with Crippen molar-refractivity contribution in [2.24, 2.45) is 28.5 Å². The molecule has 0 bridgehead atoms. The van der Waals surface area contributed by atoms with Crippen LogP contribution in [0.3, 0.4) is 0 Å². The van der Waals surface area contributed by atoms with E-state index in [1.807, 2.05) is 0 Å². The van der Waals surface area contributed by atoms with Crippen LogP contribution in [0.15, 0.2) is 0 Å². The van der Waals surface area contributed by atoms with Crippen LogP contribution in [0.1, 0.15) is 98.3 Å². The van der Waals surface area contributed by atoms with E-state index in [4.69, 9.17) is 17.2 Å². The standard InChI is InChI=1S/C10H24N2.C10H21N.H3N/c11-9-7-5-3-1-2-4-6-8-10-12;1-8-5-9(2,3)7-10(4,11)6-8;/h1-12H2;8H,5-7,11H2,1-4H3;1H3. The van der Waals surface area contributed by atoms with Gasteiger partial charge < -0.3 is 23.4 Å². The topological polar surface area (TPSA) is 113 Å². The highest BCUT2D eigenvalue weighted by Gasteiger charge is 2.36. The highest BCUT2D eigenvalue weighted by Crippen LogP contribution is 2.42. The van der Waals surface area contributed by atoms with Crippen LogP contribution in [-0.4, -0.2) is 18.6 Å². The molecule has 0 heterocycles. The predicted molar refractivity (Wildman–Crippen MR) is 109 cm³/mol. The first-order chi connectivity index (χ1) is 10.7. The van der Waals surface area contributed by atoms with Crippen molar-refractivity contribution in [3.63, 3.8) is 0 Å². The minimum absolute atomic E-state index is 0. The largest absolute Gasteiger partial charge is 0.344 e. The summed E-state index contributed by atoms with van der Waals surface area (Å²) in [5.41, 5.74) is 17.5. The molecule has 148 valence electrons. The van der Waals surface area contributed by atoms with Gasteiger partial charge >= 0.3 is 0 Å². The summed E-state index contributed by atoms with van der Waals surface area (Å²) in [6.45, 7) is 10.9. The van der Waals surface area contributed by atoms with Crippen molar-refractivity contribution in [2.45, 2.75) is 104 Å². The smallest absolute Gasteiger partial charge is 0.0133 e. The van der Waals surface area contributed by atoms with Gasteiger partial charge in [0.1, 0.15) is 0 Å². The quantitative estimate of drug-likeness (QED) is 0.452. The summed E-state index contributed by atoms with van der Waals surface area (Å²) in [5, 5.41) is 0. The molecule has 2 atom stereocenters. The molecular formula is C20H48N4. The molecule has 1 aliphatic rings. The molecule has 0 amide bonds. The Labute approximate surface area is 152 Å². The van der Waals surface area contributed by atoms with Crippen molar-refractivity contribution in [3.8, 4) is 0 Å². The van der Waals surface area contributed by atoms with E-state index in [-0.39, 0.29) is 11.7 Å². The Balaban J connectivity index is 0. The molecule has 0 aromatic heterocycles. The molecular weight excluding hydrogens is 296 g/mol. The molecule has 1 saturated carbocycles. The lowest BCUT2D eigenvalue weighted by Gasteiger charge is -2.43. The number of unbranched alkanes of at least 4 members (excludes halogenated alkanes) is 7. The molecule has 1 aliphatic carbocycles. The maximum Gasteiger partial charge on any atom is 0.0133 e. The zero-order valence-corrected chi connectivity index (χ0v) is 17.2. The van der Waals surface area contributed by atoms with E-state index in [2.05, 4.69) is 27.7 Å². The van der Waals surface area contributed by atoms with Gasteiger partial charge in [-0.25, -0.2) is 0 Å². The minimum atomic E-state index is 0. The summed E-state index contributed by atoms with van der Waals surface area (Å²) in [4.78, 5) is 0. The Morgan fingerprint density at radius 2 is 1.12 bits per heavy atom. The number of hydrogen-bond acceptors (Lipinski definition) is 4. The average molecular weight is 345 g/mol. The molecule has 4 heteroatoms. The lowest BCUT2D eigenvalue weighted by Crippen LogP contribution is -2.46. The number of nitrogens with two attached hydrogens (primary N) is 3. The minimum Gasteiger partial charge on any atom is -0.344 e. The summed E-state index contributed by atoms with van der Waals surface area (Å²) < 4.78 is 0. The van der Waals surface area contributed by atoms with Gasteiger partial charge in [-0.2, -0.15) is 0 Å². The molecule has 24 heavy (non-hydrogen) atoms. The van der Waals surface area contributed by atoms with Crippen LogP contribution in [0, 0.1) is 11.3 Å². The lowest BCUT2D eigenvalue weighted by molar-refractivity contribution is 0.119. The Bertz CT molecular complexity index is 251. The van der Waals surface area contributed by atoms with Crippen molar-refractivity contribution in [3.05, 3.63) is 0 Å². The average Bonchev–Trinajstić information content (AvgIpc) is 2.38. The third kappa shape index (κ3) is 15.4. The van der Waals surface area contributed by atoms with E-state index in [9.17, 15) is 0 Å². The van der Waals surface area contributed by atoms with Crippen molar-refractivity contribution >= 4 is 0 Å². The van der Waals surface area contributed by atoms with E-state index in [1.165, 1.54) is 70.6 Å². The van der Waals surface area contributed by atoms with Crippen molar-refractivity contribution in [1.29, 1.82) is 0 Å². The van der Waals surface area contributed by atoms with E-state index >= 15 is 0 Å². The fraction of sp³-hybridized carbons (Fsp3) is 1.00. The zero-order chi connectivity index (χ0) is 17.8. The molecule has 9 N–H and O–H groups in total. The molecule has 0 saturated heterocycles. The lowest BCUT2D eigenvalue weighted by atomic mass is 9.65. The van der Waals surface area contributed by atoms with Gasteiger partial charge in [-0.3, -0.25) is 0 Å². The molecule has 1 fully saturated rings. The predicted octanol–water partition coefficient (Wildman–Crippen LogP) is 4.74. The van der Waals surface area contributed by atoms with Gasteiger partial charge in [0, 0.05) is 5.54 Å². The van der Waals surface area contributed by atoms with Crippen molar-refractivity contribution < 1.29 is 0 Å². The zero-order valence-electron chi connectivity index (χ0n) is 17.2. The third-order valence-corrected chi connectivity index (χ3v) is 4.76. The van der Waals surface area contributed by atoms with Gasteiger partial charge in [0.05, 0.1) is 0 Å². The molecule has 0 aromatic rings. The molecule has 0 spiro atoms. The van der Waals surface area contributed by atoms with Gasteiger partial charge in [0.15, 0.2) is 0 Å². The summed E-state index contributed by atoms with van der Waals surface area (Å²) >= 11 is 0. The van der Waals surface area contributed by atoms with Gasteiger partial charge in [0.25, 0.3) is 0 Å². The second kappa shape index (κ2) is 14.1. The van der Waals surface area contributed by atoms with Crippen LogP contribution in [0.5, 0.6) is 0 Å². The molecule has 0 radical (unpaired) electrons. The summed E-state index contributed by atoms with van der Waals surface area (Å²) in [6.07, 6.45) is 14.2. The normalized spacial score (nSPS) is 25.4. The third-order valence-electron chi connectivity index (χ3n) is 4.76. The van der Waals surface area contributed by atoms with Crippen molar-refractivity contribution in [2.75, 3.05) is 13.1 Å². The first-order valence-electron chi connectivity index (χ1n) is 9.91. The molecule has 1 rings (SSSR count). The first-order valence-corrected chi connectivity index (χ1v) is 9.91. The van der Waals surface area contributed by atoms with Crippen LogP contribution in [0.25, 0.3) is 0 Å². The van der Waals surface area contributed by atoms with Crippen LogP contribution < -0.4 is 23.4 Å². The van der Waals surface area contributed by atoms with Gasteiger partial charge in [-0.05, 0) is 63.5 Å². The highest BCUT2D eigenvalue weighted by molar-refractivity contribution is 4.93. The summed E-state index contributed by atoms with van der Waals surface area (Å²) in [5.74, 6) is 0.800. The number of hydrogen-bond donors (Lipinski definition) is 4. The maximum absolute atomic E-state index is 6.14. The summed E-state index contributed by atoms with van der Waals surface area (Å²) in [7, 11) is 0. The fourth-order valence-electron chi connectivity index (χ4n) is 4.40. The van der Waals surface area contributed by atoms with E-state index in [1.54, 1.807) is 0 Å². The van der Waals surface area contributed by atoms with Crippen molar-refractivity contribution in [1.82, 2.24) is 6.15 Å². The van der Waals surface area contributed by atoms with E-state index in [0.29, 0.717) is 5.41 Å². The maximum atomic E-state index is 6.14. The van der Waals surface area contributed by atoms with Crippen LogP contribution >= 0.6 is 0 Å². The Morgan fingerprint density at radius 1 is 0.750 bits per heavy atom. The molecule has 0 aromatic carbocycles. The second-order valence-corrected chi connectivity index (χ2v) is 8.91. The Kier molecular flexibility index (Phi) is 15.3. The van der Waals surface area contributed by atoms with Crippen LogP contribution in [-0.2, 0) is 0 Å². The highest BCUT2D eigenvalue weighted by atomic mass is 14.7. The van der Waals surface area contributed by atoms with Gasteiger partial charge in [0.2, 0.25) is 0 Å². The SMILES string of the molecule is CC1CC(C)(C)CC(C)(N)C1.N.NCCCCCCCCCCN.